The first-order valence-electron chi connectivity index (χ1n) is 6.85. The second-order valence-electron chi connectivity index (χ2n) is 5.58. The molecule has 3 heterocycles. The van der Waals surface area contributed by atoms with Crippen molar-refractivity contribution < 1.29 is 19.0 Å². The summed E-state index contributed by atoms with van der Waals surface area (Å²) in [6.07, 6.45) is 3.07. The molecule has 0 aromatic rings. The van der Waals surface area contributed by atoms with Crippen LogP contribution in [-0.2, 0) is 19.0 Å². The highest BCUT2D eigenvalue weighted by molar-refractivity contribution is 5.88. The Kier molecular flexibility index (Phi) is 2.85. The predicted octanol–water partition coefficient (Wildman–Crippen LogP) is 2.39. The fourth-order valence-electron chi connectivity index (χ4n) is 2.95. The number of Topliss-reactive ketones (excluding diaryl/α,β-unsaturated/α-hetero) is 1. The minimum atomic E-state index is -1.02. The third-order valence-electron chi connectivity index (χ3n) is 4.21. The summed E-state index contributed by atoms with van der Waals surface area (Å²) < 4.78 is 17.4. The van der Waals surface area contributed by atoms with Crippen LogP contribution in [0.4, 0.5) is 0 Å². The van der Waals surface area contributed by atoms with Crippen molar-refractivity contribution in [1.29, 1.82) is 0 Å². The summed E-state index contributed by atoms with van der Waals surface area (Å²) in [4.78, 5) is 12.4. The molecule has 3 unspecified atom stereocenters. The highest BCUT2D eigenvalue weighted by atomic mass is 16.7. The Bertz CT molecular complexity index is 401. The van der Waals surface area contributed by atoms with E-state index in [4.69, 9.17) is 14.2 Å². The van der Waals surface area contributed by atoms with Crippen LogP contribution < -0.4 is 0 Å². The third kappa shape index (κ3) is 1.74. The highest BCUT2D eigenvalue weighted by Gasteiger charge is 2.50. The van der Waals surface area contributed by atoms with Gasteiger partial charge in [-0.1, -0.05) is 13.8 Å². The Balaban J connectivity index is 1.89. The molecule has 3 rings (SSSR count). The van der Waals surface area contributed by atoms with Crippen molar-refractivity contribution in [3.63, 3.8) is 0 Å². The van der Waals surface area contributed by atoms with Gasteiger partial charge in [0.15, 0.2) is 0 Å². The van der Waals surface area contributed by atoms with E-state index in [1.165, 1.54) is 0 Å². The molecule has 1 saturated heterocycles. The molecule has 0 N–H and O–H groups in total. The van der Waals surface area contributed by atoms with Gasteiger partial charge in [-0.05, 0) is 12.8 Å². The zero-order chi connectivity index (χ0) is 12.8. The molecule has 0 amide bonds. The molecule has 0 aliphatic carbocycles. The number of allylic oxidation sites excluding steroid dienone is 2. The van der Waals surface area contributed by atoms with Crippen molar-refractivity contribution in [2.75, 3.05) is 13.2 Å². The zero-order valence-corrected chi connectivity index (χ0v) is 11.0. The van der Waals surface area contributed by atoms with Gasteiger partial charge in [-0.15, -0.1) is 0 Å². The quantitative estimate of drug-likeness (QED) is 0.664. The molecule has 4 nitrogen and oxygen atoms in total. The van der Waals surface area contributed by atoms with Crippen LogP contribution in [0.25, 0.3) is 0 Å². The largest absolute Gasteiger partial charge is 0.494 e. The second kappa shape index (κ2) is 4.26. The number of hydrogen-bond acceptors (Lipinski definition) is 4. The van der Waals surface area contributed by atoms with E-state index in [0.29, 0.717) is 18.9 Å². The van der Waals surface area contributed by atoms with Crippen LogP contribution in [0.15, 0.2) is 11.5 Å². The average Bonchev–Trinajstić information content (AvgIpc) is 2.37. The molecule has 0 saturated carbocycles. The van der Waals surface area contributed by atoms with Crippen LogP contribution in [0.1, 0.15) is 39.5 Å². The second-order valence-corrected chi connectivity index (χ2v) is 5.58. The van der Waals surface area contributed by atoms with Gasteiger partial charge in [-0.2, -0.15) is 0 Å². The first-order valence-corrected chi connectivity index (χ1v) is 6.85. The summed E-state index contributed by atoms with van der Waals surface area (Å²) in [5.74, 6) is 1.19. The van der Waals surface area contributed by atoms with E-state index in [1.54, 1.807) is 0 Å². The summed E-state index contributed by atoms with van der Waals surface area (Å²) in [7, 11) is 0. The van der Waals surface area contributed by atoms with E-state index in [2.05, 4.69) is 6.92 Å². The molecule has 100 valence electrons. The van der Waals surface area contributed by atoms with Crippen molar-refractivity contribution in [2.45, 2.75) is 45.3 Å². The summed E-state index contributed by atoms with van der Waals surface area (Å²) in [6, 6.07) is 0. The smallest absolute Gasteiger partial charge is 0.270 e. The molecule has 3 atom stereocenters. The molecule has 18 heavy (non-hydrogen) atoms. The summed E-state index contributed by atoms with van der Waals surface area (Å²) >= 11 is 0. The Morgan fingerprint density at radius 1 is 1.17 bits per heavy atom. The molecule has 3 aliphatic heterocycles. The number of ketones is 1. The lowest BCUT2D eigenvalue weighted by molar-refractivity contribution is -0.244. The maximum atomic E-state index is 12.4. The van der Waals surface area contributed by atoms with Crippen molar-refractivity contribution in [2.24, 2.45) is 11.8 Å². The van der Waals surface area contributed by atoms with Gasteiger partial charge in [0.25, 0.3) is 5.79 Å². The molecule has 1 spiro atoms. The zero-order valence-electron chi connectivity index (χ0n) is 11.0. The van der Waals surface area contributed by atoms with Gasteiger partial charge in [0, 0.05) is 24.7 Å². The van der Waals surface area contributed by atoms with Gasteiger partial charge in [0.2, 0.25) is 5.78 Å². The standard InChI is InChI=1S/C14H20O4/c1-9-4-7-16-11-3-6-14(18-12(9)11)13(15)10(2)5-8-17-14/h9-10H,3-8H2,1-2H3. The number of ether oxygens (including phenoxy) is 3. The molecule has 3 aliphatic rings. The predicted molar refractivity (Wildman–Crippen MR) is 64.5 cm³/mol. The Morgan fingerprint density at radius 3 is 2.78 bits per heavy atom. The average molecular weight is 252 g/mol. The Labute approximate surface area is 107 Å². The SMILES string of the molecule is CC1CCOC2(CCC3=C(O2)C(C)CCO3)C1=O. The summed E-state index contributed by atoms with van der Waals surface area (Å²) in [6.45, 7) is 5.43. The third-order valence-corrected chi connectivity index (χ3v) is 4.21. The minimum Gasteiger partial charge on any atom is -0.494 e. The van der Waals surface area contributed by atoms with Gasteiger partial charge in [-0.3, -0.25) is 4.79 Å². The molecule has 0 aromatic carbocycles. The fourth-order valence-corrected chi connectivity index (χ4v) is 2.95. The summed E-state index contributed by atoms with van der Waals surface area (Å²) in [5.41, 5.74) is 0. The van der Waals surface area contributed by atoms with Crippen LogP contribution in [0.2, 0.25) is 0 Å². The number of hydrogen-bond donors (Lipinski definition) is 0. The lowest BCUT2D eigenvalue weighted by Gasteiger charge is -2.44. The van der Waals surface area contributed by atoms with Gasteiger partial charge >= 0.3 is 0 Å². The van der Waals surface area contributed by atoms with Crippen LogP contribution >= 0.6 is 0 Å². The topological polar surface area (TPSA) is 44.8 Å². The summed E-state index contributed by atoms with van der Waals surface area (Å²) in [5, 5.41) is 0. The van der Waals surface area contributed by atoms with Crippen LogP contribution in [0, 0.1) is 11.8 Å². The lowest BCUT2D eigenvalue weighted by atomic mass is 9.87. The van der Waals surface area contributed by atoms with Gasteiger partial charge in [0.05, 0.1) is 13.2 Å². The van der Waals surface area contributed by atoms with E-state index >= 15 is 0 Å². The van der Waals surface area contributed by atoms with E-state index < -0.39 is 5.79 Å². The fraction of sp³-hybridized carbons (Fsp3) is 0.786. The molecule has 0 bridgehead atoms. The van der Waals surface area contributed by atoms with Crippen LogP contribution in [0.3, 0.4) is 0 Å². The maximum absolute atomic E-state index is 12.4. The van der Waals surface area contributed by atoms with Crippen molar-refractivity contribution in [3.05, 3.63) is 11.5 Å². The molecular formula is C14H20O4. The van der Waals surface area contributed by atoms with E-state index in [9.17, 15) is 4.79 Å². The molecule has 1 fully saturated rings. The molecule has 0 aromatic heterocycles. The van der Waals surface area contributed by atoms with Gasteiger partial charge < -0.3 is 14.2 Å². The van der Waals surface area contributed by atoms with E-state index in [1.807, 2.05) is 6.92 Å². The van der Waals surface area contributed by atoms with Crippen molar-refractivity contribution >= 4 is 5.78 Å². The first kappa shape index (κ1) is 12.0. The van der Waals surface area contributed by atoms with Crippen molar-refractivity contribution in [3.8, 4) is 0 Å². The number of carbonyl (C=O) groups is 1. The van der Waals surface area contributed by atoms with Gasteiger partial charge in [-0.25, -0.2) is 0 Å². The monoisotopic (exact) mass is 252 g/mol. The lowest BCUT2D eigenvalue weighted by Crippen LogP contribution is -2.53. The molecule has 4 heteroatoms. The van der Waals surface area contributed by atoms with E-state index in [-0.39, 0.29) is 11.7 Å². The van der Waals surface area contributed by atoms with E-state index in [0.717, 1.165) is 37.4 Å². The van der Waals surface area contributed by atoms with Gasteiger partial charge in [0.1, 0.15) is 11.5 Å². The first-order chi connectivity index (χ1) is 8.62. The Morgan fingerprint density at radius 2 is 1.94 bits per heavy atom. The highest BCUT2D eigenvalue weighted by Crippen LogP contribution is 2.42. The number of carbonyl (C=O) groups excluding carboxylic acids is 1. The van der Waals surface area contributed by atoms with Crippen molar-refractivity contribution in [1.82, 2.24) is 0 Å². The van der Waals surface area contributed by atoms with Crippen LogP contribution in [0.5, 0.6) is 0 Å². The Hall–Kier alpha value is -1.03. The van der Waals surface area contributed by atoms with Crippen LogP contribution in [-0.4, -0.2) is 24.8 Å². The molecular weight excluding hydrogens is 232 g/mol. The molecule has 0 radical (unpaired) electrons. The number of rotatable bonds is 0. The maximum Gasteiger partial charge on any atom is 0.270 e. The minimum absolute atomic E-state index is 0.0284. The normalized spacial score (nSPS) is 40.2.